The predicted molar refractivity (Wildman–Crippen MR) is 353 cm³/mol. The van der Waals surface area contributed by atoms with Gasteiger partial charge in [0.05, 0.1) is 0 Å². The fraction of sp³-hybridized carbons (Fsp3) is 0.907. The molecular weight excluding hydrogens is 997 g/mol. The second-order valence-electron chi connectivity index (χ2n) is 25.2. The van der Waals surface area contributed by atoms with Gasteiger partial charge >= 0.3 is 17.9 Å². The second kappa shape index (κ2) is 70.4. The van der Waals surface area contributed by atoms with Crippen molar-refractivity contribution >= 4 is 17.9 Å². The Kier molecular flexibility index (Phi) is 68.5. The summed E-state index contributed by atoms with van der Waals surface area (Å²) in [5.41, 5.74) is 0. The molecule has 0 aromatic rings. The van der Waals surface area contributed by atoms with Gasteiger partial charge in [-0.15, -0.1) is 0 Å². The van der Waals surface area contributed by atoms with Crippen molar-refractivity contribution in [3.63, 3.8) is 0 Å². The van der Waals surface area contributed by atoms with Crippen LogP contribution in [0.4, 0.5) is 0 Å². The molecule has 0 rings (SSSR count). The van der Waals surface area contributed by atoms with Crippen LogP contribution in [0, 0.1) is 0 Å². The zero-order valence-corrected chi connectivity index (χ0v) is 55.1. The van der Waals surface area contributed by atoms with Crippen LogP contribution in [0.15, 0.2) is 24.3 Å². The predicted octanol–water partition coefficient (Wildman–Crippen LogP) is 25.3. The summed E-state index contributed by atoms with van der Waals surface area (Å²) in [4.78, 5) is 38.5. The van der Waals surface area contributed by atoms with E-state index in [9.17, 15) is 14.4 Å². The average Bonchev–Trinajstić information content (AvgIpc) is 3.47. The first-order chi connectivity index (χ1) is 40.0. The molecule has 0 heterocycles. The van der Waals surface area contributed by atoms with Crippen LogP contribution in [0.5, 0.6) is 0 Å². The summed E-state index contributed by atoms with van der Waals surface area (Å²) in [6.07, 6.45) is 86.5. The average molecular weight is 1140 g/mol. The largest absolute Gasteiger partial charge is 0.462 e. The molecule has 0 saturated heterocycles. The molecule has 0 fully saturated rings. The number of esters is 3. The van der Waals surface area contributed by atoms with Gasteiger partial charge in [-0.2, -0.15) is 0 Å². The molecule has 0 aromatic heterocycles. The molecular formula is C75H142O6. The third kappa shape index (κ3) is 68.6. The molecule has 0 saturated carbocycles. The van der Waals surface area contributed by atoms with Crippen LogP contribution in [-0.2, 0) is 28.6 Å². The lowest BCUT2D eigenvalue weighted by atomic mass is 10.0. The Morgan fingerprint density at radius 3 is 0.704 bits per heavy atom. The molecule has 0 aliphatic carbocycles. The van der Waals surface area contributed by atoms with Gasteiger partial charge in [-0.25, -0.2) is 0 Å². The van der Waals surface area contributed by atoms with Crippen molar-refractivity contribution in [3.8, 4) is 0 Å². The first-order valence-corrected chi connectivity index (χ1v) is 36.8. The number of hydrogen-bond acceptors (Lipinski definition) is 6. The lowest BCUT2D eigenvalue weighted by Crippen LogP contribution is -2.30. The van der Waals surface area contributed by atoms with Crippen molar-refractivity contribution < 1.29 is 28.6 Å². The summed E-state index contributed by atoms with van der Waals surface area (Å²) in [6.45, 7) is 6.70. The van der Waals surface area contributed by atoms with Crippen LogP contribution in [-0.4, -0.2) is 37.2 Å². The van der Waals surface area contributed by atoms with Crippen LogP contribution in [0.3, 0.4) is 0 Å². The van der Waals surface area contributed by atoms with E-state index in [1.165, 1.54) is 308 Å². The number of unbranched alkanes of at least 4 members (excludes halogenated alkanes) is 54. The van der Waals surface area contributed by atoms with Gasteiger partial charge in [0.25, 0.3) is 0 Å². The fourth-order valence-corrected chi connectivity index (χ4v) is 11.4. The molecule has 1 atom stereocenters. The smallest absolute Gasteiger partial charge is 0.306 e. The number of carbonyl (C=O) groups is 3. The van der Waals surface area contributed by atoms with E-state index in [-0.39, 0.29) is 31.1 Å². The van der Waals surface area contributed by atoms with Crippen molar-refractivity contribution in [2.75, 3.05) is 13.2 Å². The van der Waals surface area contributed by atoms with Gasteiger partial charge in [-0.05, 0) is 51.4 Å². The number of ether oxygens (including phenoxy) is 3. The van der Waals surface area contributed by atoms with E-state index in [4.69, 9.17) is 14.2 Å². The molecule has 6 nitrogen and oxygen atoms in total. The second-order valence-corrected chi connectivity index (χ2v) is 25.2. The van der Waals surface area contributed by atoms with Gasteiger partial charge in [0.2, 0.25) is 0 Å². The van der Waals surface area contributed by atoms with Crippen molar-refractivity contribution in [1.82, 2.24) is 0 Å². The summed E-state index contributed by atoms with van der Waals surface area (Å²) in [7, 11) is 0. The highest BCUT2D eigenvalue weighted by Crippen LogP contribution is 2.19. The van der Waals surface area contributed by atoms with Crippen molar-refractivity contribution in [2.45, 2.75) is 425 Å². The third-order valence-electron chi connectivity index (χ3n) is 17.0. The minimum Gasteiger partial charge on any atom is -0.462 e. The van der Waals surface area contributed by atoms with E-state index in [0.29, 0.717) is 19.3 Å². The highest BCUT2D eigenvalue weighted by atomic mass is 16.6. The number of hydrogen-bond donors (Lipinski definition) is 0. The van der Waals surface area contributed by atoms with E-state index < -0.39 is 6.10 Å². The molecule has 81 heavy (non-hydrogen) atoms. The monoisotopic (exact) mass is 1140 g/mol. The minimum absolute atomic E-state index is 0.0680. The summed E-state index contributed by atoms with van der Waals surface area (Å²) in [5, 5.41) is 0. The Hall–Kier alpha value is -2.11. The Balaban J connectivity index is 4.19. The maximum absolute atomic E-state index is 12.9. The van der Waals surface area contributed by atoms with Crippen molar-refractivity contribution in [1.29, 1.82) is 0 Å². The third-order valence-corrected chi connectivity index (χ3v) is 17.0. The van der Waals surface area contributed by atoms with Crippen LogP contribution in [0.25, 0.3) is 0 Å². The Morgan fingerprint density at radius 1 is 0.247 bits per heavy atom. The topological polar surface area (TPSA) is 78.9 Å². The van der Waals surface area contributed by atoms with Gasteiger partial charge in [-0.1, -0.05) is 373 Å². The molecule has 6 heteroatoms. The quantitative estimate of drug-likeness (QED) is 0.0261. The zero-order valence-electron chi connectivity index (χ0n) is 55.1. The summed E-state index contributed by atoms with van der Waals surface area (Å²) < 4.78 is 17.0. The standard InChI is InChI=1S/C75H142O6/c1-4-7-10-13-16-19-22-25-28-31-32-33-34-35-36-37-38-39-40-41-42-45-47-50-53-56-59-62-65-68-74(77)80-71-72(81-75(78)69-66-63-60-57-54-51-48-44-30-27-24-21-18-15-12-9-6-3)70-79-73(76)67-64-61-58-55-52-49-46-43-29-26-23-20-17-14-11-8-5-2/h18,21,27,30,72H,4-17,19-20,22-26,28-29,31-71H2,1-3H3/b21-18-,30-27-. The first-order valence-electron chi connectivity index (χ1n) is 36.8. The van der Waals surface area contributed by atoms with Crippen molar-refractivity contribution in [3.05, 3.63) is 24.3 Å². The molecule has 478 valence electrons. The molecule has 0 aromatic carbocycles. The zero-order chi connectivity index (χ0) is 58.5. The molecule has 0 aliphatic rings. The molecule has 1 unspecified atom stereocenters. The SMILES string of the molecule is CCCCC/C=C\C/C=C\CCCCCCCCCC(=O)OC(COC(=O)CCCCCCCCCCCCCCCCCCC)COC(=O)CCCCCCCCCCCCCCCCCCCCCCCCCCCCCCC. The minimum atomic E-state index is -0.773. The van der Waals surface area contributed by atoms with Gasteiger partial charge in [0, 0.05) is 19.3 Å². The molecule has 0 amide bonds. The Morgan fingerprint density at radius 2 is 0.444 bits per heavy atom. The fourth-order valence-electron chi connectivity index (χ4n) is 11.4. The van der Waals surface area contributed by atoms with E-state index in [1.807, 2.05) is 0 Å². The molecule has 0 aliphatic heterocycles. The number of carbonyl (C=O) groups excluding carboxylic acids is 3. The molecule has 0 N–H and O–H groups in total. The Bertz CT molecular complexity index is 1310. The van der Waals surface area contributed by atoms with E-state index in [2.05, 4.69) is 45.1 Å². The highest BCUT2D eigenvalue weighted by Gasteiger charge is 2.20. The van der Waals surface area contributed by atoms with Gasteiger partial charge in [0.15, 0.2) is 6.10 Å². The molecule has 0 bridgehead atoms. The van der Waals surface area contributed by atoms with Crippen LogP contribution < -0.4 is 0 Å². The van der Waals surface area contributed by atoms with Crippen LogP contribution in [0.1, 0.15) is 419 Å². The van der Waals surface area contributed by atoms with Gasteiger partial charge in [0.1, 0.15) is 13.2 Å². The maximum atomic E-state index is 12.9. The van der Waals surface area contributed by atoms with Crippen molar-refractivity contribution in [2.24, 2.45) is 0 Å². The van der Waals surface area contributed by atoms with Crippen LogP contribution in [0.2, 0.25) is 0 Å². The summed E-state index contributed by atoms with van der Waals surface area (Å²) in [5.74, 6) is -0.841. The number of allylic oxidation sites excluding steroid dienone is 4. The maximum Gasteiger partial charge on any atom is 0.306 e. The molecule has 0 radical (unpaired) electrons. The van der Waals surface area contributed by atoms with Gasteiger partial charge in [-0.3, -0.25) is 14.4 Å². The van der Waals surface area contributed by atoms with E-state index >= 15 is 0 Å². The highest BCUT2D eigenvalue weighted by molar-refractivity contribution is 5.71. The lowest BCUT2D eigenvalue weighted by Gasteiger charge is -2.18. The number of rotatable bonds is 69. The van der Waals surface area contributed by atoms with E-state index in [1.54, 1.807) is 0 Å². The summed E-state index contributed by atoms with van der Waals surface area (Å²) in [6, 6.07) is 0. The summed E-state index contributed by atoms with van der Waals surface area (Å²) >= 11 is 0. The first kappa shape index (κ1) is 78.9. The normalized spacial score (nSPS) is 12.1. The Labute approximate surface area is 506 Å². The van der Waals surface area contributed by atoms with Crippen LogP contribution >= 0.6 is 0 Å². The molecule has 0 spiro atoms. The van der Waals surface area contributed by atoms with Gasteiger partial charge < -0.3 is 14.2 Å². The lowest BCUT2D eigenvalue weighted by molar-refractivity contribution is -0.167. The van der Waals surface area contributed by atoms with E-state index in [0.717, 1.165) is 70.6 Å².